The summed E-state index contributed by atoms with van der Waals surface area (Å²) in [7, 11) is 0. The molecule has 2 atom stereocenters. The molecule has 0 aliphatic carbocycles. The van der Waals surface area contributed by atoms with Crippen LogP contribution in [0, 0.1) is 0 Å². The van der Waals surface area contributed by atoms with Gasteiger partial charge in [-0.05, 0) is 6.42 Å². The Morgan fingerprint density at radius 3 is 2.75 bits per heavy atom. The van der Waals surface area contributed by atoms with Gasteiger partial charge in [0.05, 0.1) is 18.8 Å². The first-order valence-electron chi connectivity index (χ1n) is 2.99. The minimum absolute atomic E-state index is 0.449. The van der Waals surface area contributed by atoms with Crippen molar-refractivity contribution in [2.24, 2.45) is 5.84 Å². The molecule has 0 aromatic rings. The van der Waals surface area contributed by atoms with E-state index < -0.39 is 0 Å². The van der Waals surface area contributed by atoms with Gasteiger partial charge in [-0.1, -0.05) is 0 Å². The summed E-state index contributed by atoms with van der Waals surface area (Å²) in [5.41, 5.74) is 0. The summed E-state index contributed by atoms with van der Waals surface area (Å²) in [5.74, 6) is 5.57. The van der Waals surface area contributed by atoms with Gasteiger partial charge in [0, 0.05) is 6.54 Å². The highest BCUT2D eigenvalue weighted by Gasteiger charge is 2.36. The molecule has 2 aliphatic heterocycles. The van der Waals surface area contributed by atoms with Crippen molar-refractivity contribution in [1.29, 1.82) is 0 Å². The molecule has 2 N–H and O–H groups in total. The molecule has 2 fully saturated rings. The van der Waals surface area contributed by atoms with Crippen LogP contribution in [0.25, 0.3) is 0 Å². The molecule has 0 aromatic carbocycles. The van der Waals surface area contributed by atoms with Crippen LogP contribution in [0.3, 0.4) is 0 Å². The van der Waals surface area contributed by atoms with Gasteiger partial charge < -0.3 is 4.74 Å². The summed E-state index contributed by atoms with van der Waals surface area (Å²) in [6.07, 6.45) is 1.60. The Morgan fingerprint density at radius 2 is 2.50 bits per heavy atom. The second-order valence-corrected chi connectivity index (χ2v) is 2.54. The van der Waals surface area contributed by atoms with Crippen molar-refractivity contribution < 1.29 is 4.74 Å². The lowest BCUT2D eigenvalue weighted by Crippen LogP contribution is -2.41. The lowest BCUT2D eigenvalue weighted by atomic mass is 10.3. The third kappa shape index (κ3) is 0.491. The van der Waals surface area contributed by atoms with Crippen LogP contribution in [0.1, 0.15) is 6.42 Å². The topological polar surface area (TPSA) is 38.5 Å². The SMILES string of the molecule is NN1CC2CC1CO2. The van der Waals surface area contributed by atoms with Crippen LogP contribution in [0.2, 0.25) is 0 Å². The van der Waals surface area contributed by atoms with Gasteiger partial charge in [0.25, 0.3) is 0 Å². The molecule has 2 bridgehead atoms. The van der Waals surface area contributed by atoms with Gasteiger partial charge in [-0.2, -0.15) is 0 Å². The van der Waals surface area contributed by atoms with Crippen molar-refractivity contribution >= 4 is 0 Å². The van der Waals surface area contributed by atoms with Crippen LogP contribution in [0.15, 0.2) is 0 Å². The molecule has 0 spiro atoms. The lowest BCUT2D eigenvalue weighted by molar-refractivity contribution is 0.0305. The zero-order valence-corrected chi connectivity index (χ0v) is 4.71. The molecule has 0 amide bonds. The quantitative estimate of drug-likeness (QED) is 0.425. The van der Waals surface area contributed by atoms with Crippen molar-refractivity contribution in [3.63, 3.8) is 0 Å². The molecule has 0 aromatic heterocycles. The summed E-state index contributed by atoms with van der Waals surface area (Å²) < 4.78 is 5.30. The minimum atomic E-state index is 0.449. The molecule has 3 nitrogen and oxygen atoms in total. The van der Waals surface area contributed by atoms with Crippen molar-refractivity contribution in [1.82, 2.24) is 5.01 Å². The molecule has 8 heavy (non-hydrogen) atoms. The van der Waals surface area contributed by atoms with Crippen LogP contribution in [0.5, 0.6) is 0 Å². The molecular formula is C5H10N2O. The smallest absolute Gasteiger partial charge is 0.0733 e. The van der Waals surface area contributed by atoms with Gasteiger partial charge in [-0.25, -0.2) is 5.01 Å². The first-order chi connectivity index (χ1) is 3.86. The van der Waals surface area contributed by atoms with E-state index in [1.54, 1.807) is 0 Å². The number of rotatable bonds is 0. The van der Waals surface area contributed by atoms with E-state index in [0.29, 0.717) is 12.1 Å². The number of ether oxygens (including phenoxy) is 1. The average molecular weight is 114 g/mol. The second-order valence-electron chi connectivity index (χ2n) is 2.54. The number of hydrogen-bond donors (Lipinski definition) is 1. The first-order valence-corrected chi connectivity index (χ1v) is 2.99. The average Bonchev–Trinajstić information content (AvgIpc) is 2.23. The fraction of sp³-hybridized carbons (Fsp3) is 1.00. The second kappa shape index (κ2) is 1.43. The largest absolute Gasteiger partial charge is 0.375 e. The van der Waals surface area contributed by atoms with E-state index in [2.05, 4.69) is 0 Å². The molecule has 46 valence electrons. The van der Waals surface area contributed by atoms with Gasteiger partial charge in [-0.15, -0.1) is 0 Å². The van der Waals surface area contributed by atoms with E-state index in [1.165, 1.54) is 0 Å². The fourth-order valence-corrected chi connectivity index (χ4v) is 1.43. The standard InChI is InChI=1S/C5H10N2O/c6-7-2-5-1-4(7)3-8-5/h4-5H,1-3,6H2. The summed E-state index contributed by atoms with van der Waals surface area (Å²) >= 11 is 0. The molecular weight excluding hydrogens is 104 g/mol. The predicted octanol–water partition coefficient (Wildman–Crippen LogP) is -0.667. The van der Waals surface area contributed by atoms with Gasteiger partial charge in [0.2, 0.25) is 0 Å². The number of fused-ring (bicyclic) bond motifs is 2. The van der Waals surface area contributed by atoms with Gasteiger partial charge in [-0.3, -0.25) is 5.84 Å². The zero-order chi connectivity index (χ0) is 5.56. The normalized spacial score (nSPS) is 46.1. The van der Waals surface area contributed by atoms with Crippen LogP contribution < -0.4 is 5.84 Å². The summed E-state index contributed by atoms with van der Waals surface area (Å²) in [6.45, 7) is 1.78. The third-order valence-corrected chi connectivity index (χ3v) is 1.94. The third-order valence-electron chi connectivity index (χ3n) is 1.94. The van der Waals surface area contributed by atoms with E-state index in [0.717, 1.165) is 19.6 Å². The number of morpholine rings is 1. The Bertz CT molecular complexity index is 105. The lowest BCUT2D eigenvalue weighted by Gasteiger charge is -2.20. The summed E-state index contributed by atoms with van der Waals surface area (Å²) in [6, 6.07) is 0.528. The van der Waals surface area contributed by atoms with Crippen LogP contribution in [0.4, 0.5) is 0 Å². The van der Waals surface area contributed by atoms with Crippen molar-refractivity contribution in [3.8, 4) is 0 Å². The highest BCUT2D eigenvalue weighted by molar-refractivity contribution is 4.88. The Hall–Kier alpha value is -0.120. The van der Waals surface area contributed by atoms with Gasteiger partial charge in [0.15, 0.2) is 0 Å². The maximum absolute atomic E-state index is 5.57. The number of hydrazine groups is 1. The molecule has 2 saturated heterocycles. The maximum atomic E-state index is 5.57. The molecule has 3 heteroatoms. The van der Waals surface area contributed by atoms with E-state index in [-0.39, 0.29) is 0 Å². The van der Waals surface area contributed by atoms with E-state index >= 15 is 0 Å². The van der Waals surface area contributed by atoms with Crippen LogP contribution in [-0.4, -0.2) is 30.3 Å². The monoisotopic (exact) mass is 114 g/mol. The highest BCUT2D eigenvalue weighted by atomic mass is 16.5. The van der Waals surface area contributed by atoms with E-state index in [4.69, 9.17) is 10.6 Å². The summed E-state index contributed by atoms with van der Waals surface area (Å²) in [5, 5.41) is 1.88. The Balaban J connectivity index is 2.11. The molecule has 0 radical (unpaired) electrons. The number of nitrogens with two attached hydrogens (primary N) is 1. The van der Waals surface area contributed by atoms with Crippen molar-refractivity contribution in [2.75, 3.05) is 13.2 Å². The predicted molar refractivity (Wildman–Crippen MR) is 29.0 cm³/mol. The number of nitrogens with zero attached hydrogens (tertiary/aromatic N) is 1. The Labute approximate surface area is 48.4 Å². The number of hydrogen-bond acceptors (Lipinski definition) is 3. The summed E-state index contributed by atoms with van der Waals surface area (Å²) in [4.78, 5) is 0. The van der Waals surface area contributed by atoms with E-state index in [9.17, 15) is 0 Å². The Kier molecular flexibility index (Phi) is 0.848. The molecule has 2 heterocycles. The van der Waals surface area contributed by atoms with Crippen LogP contribution in [-0.2, 0) is 4.74 Å². The maximum Gasteiger partial charge on any atom is 0.0733 e. The van der Waals surface area contributed by atoms with Crippen molar-refractivity contribution in [2.45, 2.75) is 18.6 Å². The highest BCUT2D eigenvalue weighted by Crippen LogP contribution is 2.24. The van der Waals surface area contributed by atoms with Crippen LogP contribution >= 0.6 is 0 Å². The Morgan fingerprint density at radius 1 is 1.62 bits per heavy atom. The molecule has 2 rings (SSSR count). The zero-order valence-electron chi connectivity index (χ0n) is 4.71. The molecule has 0 saturated carbocycles. The molecule has 2 aliphatic rings. The van der Waals surface area contributed by atoms with Gasteiger partial charge >= 0.3 is 0 Å². The van der Waals surface area contributed by atoms with Gasteiger partial charge in [0.1, 0.15) is 0 Å². The van der Waals surface area contributed by atoms with Crippen molar-refractivity contribution in [3.05, 3.63) is 0 Å². The fourth-order valence-electron chi connectivity index (χ4n) is 1.43. The van der Waals surface area contributed by atoms with E-state index in [1.807, 2.05) is 5.01 Å². The molecule has 2 unspecified atom stereocenters. The first kappa shape index (κ1) is 4.73. The minimum Gasteiger partial charge on any atom is -0.375 e.